The van der Waals surface area contributed by atoms with Crippen LogP contribution in [0.5, 0.6) is 0 Å². The van der Waals surface area contributed by atoms with E-state index in [-0.39, 0.29) is 11.0 Å². The monoisotopic (exact) mass is 235 g/mol. The van der Waals surface area contributed by atoms with Gasteiger partial charge in [0.05, 0.1) is 0 Å². The third-order valence-corrected chi connectivity index (χ3v) is 2.27. The van der Waals surface area contributed by atoms with E-state index in [2.05, 4.69) is 71.1 Å². The molecule has 0 bridgehead atoms. The molecule has 1 rings (SSSR count). The lowest BCUT2D eigenvalue weighted by atomic mass is 9.87. The van der Waals surface area contributed by atoms with Crippen LogP contribution in [0, 0.1) is 0 Å². The van der Waals surface area contributed by atoms with Gasteiger partial charge in [-0.3, -0.25) is 0 Å². The van der Waals surface area contributed by atoms with Gasteiger partial charge in [-0.1, -0.05) is 46.8 Å². The summed E-state index contributed by atoms with van der Waals surface area (Å²) in [7, 11) is 0. The van der Waals surface area contributed by atoms with Crippen molar-refractivity contribution < 1.29 is 0 Å². The van der Waals surface area contributed by atoms with Gasteiger partial charge in [0.2, 0.25) is 0 Å². The Kier molecular flexibility index (Phi) is 5.74. The summed E-state index contributed by atoms with van der Waals surface area (Å²) in [4.78, 5) is 0. The molecule has 0 aromatic heterocycles. The number of hydrogen-bond donors (Lipinski definition) is 1. The van der Waals surface area contributed by atoms with Crippen LogP contribution >= 0.6 is 0 Å². The zero-order valence-corrected chi connectivity index (χ0v) is 12.8. The Morgan fingerprint density at radius 1 is 0.765 bits per heavy atom. The smallest absolute Gasteiger partial charge is 0.0344 e. The zero-order chi connectivity index (χ0) is 13.7. The molecule has 98 valence electrons. The van der Waals surface area contributed by atoms with E-state index >= 15 is 0 Å². The Morgan fingerprint density at radius 2 is 1.18 bits per heavy atom. The van der Waals surface area contributed by atoms with Gasteiger partial charge in [0.25, 0.3) is 0 Å². The largest absolute Gasteiger partial charge is 0.380 e. The molecule has 0 fully saturated rings. The SMILES string of the molecule is CC.CC(C)(C)Nc1ccc(C(C)(C)C)cc1. The first-order valence-corrected chi connectivity index (χ1v) is 6.57. The van der Waals surface area contributed by atoms with E-state index in [1.165, 1.54) is 11.3 Å². The summed E-state index contributed by atoms with van der Waals surface area (Å²) >= 11 is 0. The van der Waals surface area contributed by atoms with Crippen molar-refractivity contribution in [3.05, 3.63) is 29.8 Å². The van der Waals surface area contributed by atoms with Gasteiger partial charge in [-0.2, -0.15) is 0 Å². The molecule has 0 spiro atoms. The van der Waals surface area contributed by atoms with Gasteiger partial charge in [-0.15, -0.1) is 0 Å². The maximum atomic E-state index is 3.46. The molecular formula is C16H29N. The average Bonchev–Trinajstić information content (AvgIpc) is 2.17. The van der Waals surface area contributed by atoms with Crippen molar-refractivity contribution >= 4 is 5.69 Å². The first kappa shape index (κ1) is 16.0. The highest BCUT2D eigenvalue weighted by molar-refractivity contribution is 5.47. The first-order chi connectivity index (χ1) is 7.68. The highest BCUT2D eigenvalue weighted by Crippen LogP contribution is 2.24. The summed E-state index contributed by atoms with van der Waals surface area (Å²) in [6.45, 7) is 17.2. The van der Waals surface area contributed by atoms with E-state index in [4.69, 9.17) is 0 Å². The van der Waals surface area contributed by atoms with Crippen molar-refractivity contribution in [3.8, 4) is 0 Å². The van der Waals surface area contributed by atoms with Crippen LogP contribution in [0.15, 0.2) is 24.3 Å². The van der Waals surface area contributed by atoms with Crippen LogP contribution in [0.4, 0.5) is 5.69 Å². The number of rotatable bonds is 1. The van der Waals surface area contributed by atoms with Gasteiger partial charge in [0.15, 0.2) is 0 Å². The maximum absolute atomic E-state index is 3.46. The van der Waals surface area contributed by atoms with E-state index in [0.29, 0.717) is 0 Å². The second-order valence-electron chi connectivity index (χ2n) is 6.20. The number of hydrogen-bond acceptors (Lipinski definition) is 1. The topological polar surface area (TPSA) is 12.0 Å². The first-order valence-electron chi connectivity index (χ1n) is 6.57. The molecule has 1 heteroatoms. The summed E-state index contributed by atoms with van der Waals surface area (Å²) in [5.74, 6) is 0. The van der Waals surface area contributed by atoms with Crippen LogP contribution in [-0.2, 0) is 5.41 Å². The Balaban J connectivity index is 0.00000121. The second-order valence-corrected chi connectivity index (χ2v) is 6.20. The normalized spacial score (nSPS) is 11.5. The van der Waals surface area contributed by atoms with Gasteiger partial charge >= 0.3 is 0 Å². The van der Waals surface area contributed by atoms with Crippen LogP contribution in [0.3, 0.4) is 0 Å². The van der Waals surface area contributed by atoms with Crippen LogP contribution < -0.4 is 5.32 Å². The minimum absolute atomic E-state index is 0.128. The minimum Gasteiger partial charge on any atom is -0.380 e. The molecule has 1 aromatic carbocycles. The molecule has 0 saturated heterocycles. The number of benzene rings is 1. The van der Waals surface area contributed by atoms with Crippen LogP contribution in [0.2, 0.25) is 0 Å². The Morgan fingerprint density at radius 3 is 1.47 bits per heavy atom. The molecular weight excluding hydrogens is 206 g/mol. The van der Waals surface area contributed by atoms with E-state index in [9.17, 15) is 0 Å². The van der Waals surface area contributed by atoms with Gasteiger partial charge in [-0.05, 0) is 43.9 Å². The highest BCUT2D eigenvalue weighted by atomic mass is 14.9. The fourth-order valence-electron chi connectivity index (χ4n) is 1.49. The van der Waals surface area contributed by atoms with E-state index in [1.807, 2.05) is 13.8 Å². The maximum Gasteiger partial charge on any atom is 0.0344 e. The van der Waals surface area contributed by atoms with Crippen molar-refractivity contribution in [2.24, 2.45) is 0 Å². The van der Waals surface area contributed by atoms with Gasteiger partial charge in [0.1, 0.15) is 0 Å². The van der Waals surface area contributed by atoms with Gasteiger partial charge < -0.3 is 5.32 Å². The molecule has 1 N–H and O–H groups in total. The molecule has 0 aliphatic rings. The molecule has 0 radical (unpaired) electrons. The fraction of sp³-hybridized carbons (Fsp3) is 0.625. The van der Waals surface area contributed by atoms with Crippen molar-refractivity contribution in [2.75, 3.05) is 5.32 Å². The van der Waals surface area contributed by atoms with Crippen molar-refractivity contribution in [1.82, 2.24) is 0 Å². The predicted octanol–water partition coefficient (Wildman–Crippen LogP) is 5.22. The highest BCUT2D eigenvalue weighted by Gasteiger charge is 2.14. The van der Waals surface area contributed by atoms with Crippen molar-refractivity contribution in [1.29, 1.82) is 0 Å². The van der Waals surface area contributed by atoms with Crippen LogP contribution in [0.1, 0.15) is 61.0 Å². The molecule has 0 amide bonds. The number of anilines is 1. The summed E-state index contributed by atoms with van der Waals surface area (Å²) < 4.78 is 0. The minimum atomic E-state index is 0.128. The average molecular weight is 235 g/mol. The molecule has 0 heterocycles. The Hall–Kier alpha value is -0.980. The molecule has 0 atom stereocenters. The van der Waals surface area contributed by atoms with Crippen LogP contribution in [-0.4, -0.2) is 5.54 Å². The third kappa shape index (κ3) is 6.35. The summed E-state index contributed by atoms with van der Waals surface area (Å²) in [5, 5.41) is 3.46. The summed E-state index contributed by atoms with van der Waals surface area (Å²) in [6, 6.07) is 8.72. The summed E-state index contributed by atoms with van der Waals surface area (Å²) in [5.41, 5.74) is 2.93. The van der Waals surface area contributed by atoms with Crippen molar-refractivity contribution in [3.63, 3.8) is 0 Å². The van der Waals surface area contributed by atoms with E-state index in [1.54, 1.807) is 0 Å². The van der Waals surface area contributed by atoms with Gasteiger partial charge in [0, 0.05) is 11.2 Å². The molecule has 1 nitrogen and oxygen atoms in total. The molecule has 0 aliphatic heterocycles. The zero-order valence-electron chi connectivity index (χ0n) is 12.8. The Labute approximate surface area is 108 Å². The van der Waals surface area contributed by atoms with Crippen molar-refractivity contribution in [2.45, 2.75) is 66.3 Å². The fourth-order valence-corrected chi connectivity index (χ4v) is 1.49. The molecule has 1 aromatic rings. The van der Waals surface area contributed by atoms with E-state index in [0.717, 1.165) is 0 Å². The van der Waals surface area contributed by atoms with Gasteiger partial charge in [-0.25, -0.2) is 0 Å². The lowest BCUT2D eigenvalue weighted by Gasteiger charge is -2.24. The van der Waals surface area contributed by atoms with E-state index < -0.39 is 0 Å². The molecule has 0 unspecified atom stereocenters. The summed E-state index contributed by atoms with van der Waals surface area (Å²) in [6.07, 6.45) is 0. The third-order valence-electron chi connectivity index (χ3n) is 2.27. The molecule has 0 saturated carbocycles. The molecule has 0 aliphatic carbocycles. The molecule has 17 heavy (non-hydrogen) atoms. The lowest BCUT2D eigenvalue weighted by Crippen LogP contribution is -2.26. The standard InChI is InChI=1S/C14H23N.C2H6/c1-13(2,3)11-7-9-12(10-8-11)15-14(4,5)6;1-2/h7-10,15H,1-6H3;1-2H3. The second kappa shape index (κ2) is 6.09. The van der Waals surface area contributed by atoms with Crippen LogP contribution in [0.25, 0.3) is 0 Å². The Bertz CT molecular complexity index is 309. The lowest BCUT2D eigenvalue weighted by molar-refractivity contribution is 0.590. The number of nitrogens with one attached hydrogen (secondary N) is 1. The predicted molar refractivity (Wildman–Crippen MR) is 79.9 cm³/mol. The quantitative estimate of drug-likeness (QED) is 0.703.